The van der Waals surface area contributed by atoms with Gasteiger partial charge in [0.05, 0.1) is 5.69 Å². The largest absolute Gasteiger partial charge is 0.378 e. The molecule has 2 atom stereocenters. The van der Waals surface area contributed by atoms with Gasteiger partial charge in [-0.15, -0.1) is 0 Å². The number of hydrogen-bond acceptors (Lipinski definition) is 4. The third-order valence-electron chi connectivity index (χ3n) is 4.41. The molecule has 4 heteroatoms. The van der Waals surface area contributed by atoms with Crippen molar-refractivity contribution < 1.29 is 0 Å². The average Bonchev–Trinajstić information content (AvgIpc) is 2.83. The van der Waals surface area contributed by atoms with Crippen molar-refractivity contribution >= 4 is 11.5 Å². The topological polar surface area (TPSA) is 31.4 Å². The van der Waals surface area contributed by atoms with E-state index in [1.54, 1.807) is 0 Å². The van der Waals surface area contributed by atoms with Gasteiger partial charge in [0.2, 0.25) is 0 Å². The predicted octanol–water partition coefficient (Wildman–Crippen LogP) is 2.19. The summed E-state index contributed by atoms with van der Waals surface area (Å²) in [7, 11) is 4.10. The first kappa shape index (κ1) is 12.7. The molecule has 2 aliphatic heterocycles. The fourth-order valence-electron chi connectivity index (χ4n) is 3.48. The molecule has 0 amide bonds. The summed E-state index contributed by atoms with van der Waals surface area (Å²) in [5.41, 5.74) is 1.17. The maximum atomic E-state index is 4.47. The van der Waals surface area contributed by atoms with Gasteiger partial charge in [-0.3, -0.25) is 4.90 Å². The Morgan fingerprint density at radius 2 is 2.16 bits per heavy atom. The number of nitrogens with zero attached hydrogens (tertiary/aromatic N) is 3. The van der Waals surface area contributed by atoms with E-state index in [-0.39, 0.29) is 0 Å². The SMILES string of the molecule is CN(C)c1ncccc1NC1CCN2CCCCC12. The Balaban J connectivity index is 1.75. The number of hydrogen-bond donors (Lipinski definition) is 1. The highest BCUT2D eigenvalue weighted by atomic mass is 15.2. The van der Waals surface area contributed by atoms with Gasteiger partial charge in [-0.1, -0.05) is 6.42 Å². The second-order valence-corrected chi connectivity index (χ2v) is 5.91. The number of rotatable bonds is 3. The van der Waals surface area contributed by atoms with E-state index in [0.29, 0.717) is 6.04 Å². The fraction of sp³-hybridized carbons (Fsp3) is 0.667. The molecule has 3 rings (SSSR count). The zero-order valence-electron chi connectivity index (χ0n) is 12.0. The summed E-state index contributed by atoms with van der Waals surface area (Å²) >= 11 is 0. The lowest BCUT2D eigenvalue weighted by atomic mass is 9.99. The Morgan fingerprint density at radius 3 is 3.00 bits per heavy atom. The summed E-state index contributed by atoms with van der Waals surface area (Å²) in [5.74, 6) is 1.04. The first-order valence-corrected chi connectivity index (χ1v) is 7.38. The van der Waals surface area contributed by atoms with Crippen molar-refractivity contribution in [2.24, 2.45) is 0 Å². The average molecular weight is 260 g/mol. The molecular weight excluding hydrogens is 236 g/mol. The Labute approximate surface area is 115 Å². The van der Waals surface area contributed by atoms with Crippen LogP contribution in [0.15, 0.2) is 18.3 Å². The van der Waals surface area contributed by atoms with Crippen LogP contribution in [0, 0.1) is 0 Å². The summed E-state index contributed by atoms with van der Waals surface area (Å²) in [6, 6.07) is 5.48. The van der Waals surface area contributed by atoms with Crippen LogP contribution >= 0.6 is 0 Å². The number of pyridine rings is 1. The fourth-order valence-corrected chi connectivity index (χ4v) is 3.48. The first-order valence-electron chi connectivity index (χ1n) is 7.38. The van der Waals surface area contributed by atoms with Gasteiger partial charge in [-0.25, -0.2) is 4.98 Å². The highest BCUT2D eigenvalue weighted by Gasteiger charge is 2.35. The van der Waals surface area contributed by atoms with Crippen molar-refractivity contribution in [2.45, 2.75) is 37.8 Å². The zero-order valence-corrected chi connectivity index (χ0v) is 12.0. The molecule has 2 unspecified atom stereocenters. The van der Waals surface area contributed by atoms with Crippen LogP contribution in [0.25, 0.3) is 0 Å². The van der Waals surface area contributed by atoms with E-state index < -0.39 is 0 Å². The maximum absolute atomic E-state index is 4.47. The minimum atomic E-state index is 0.586. The molecule has 2 fully saturated rings. The quantitative estimate of drug-likeness (QED) is 0.902. The van der Waals surface area contributed by atoms with Crippen LogP contribution in [-0.2, 0) is 0 Å². The van der Waals surface area contributed by atoms with E-state index in [1.807, 2.05) is 12.3 Å². The van der Waals surface area contributed by atoms with E-state index in [0.717, 1.165) is 11.9 Å². The van der Waals surface area contributed by atoms with Crippen molar-refractivity contribution in [3.05, 3.63) is 18.3 Å². The lowest BCUT2D eigenvalue weighted by Gasteiger charge is -2.33. The van der Waals surface area contributed by atoms with E-state index in [1.165, 1.54) is 44.5 Å². The molecule has 0 bridgehead atoms. The predicted molar refractivity (Wildman–Crippen MR) is 79.8 cm³/mol. The van der Waals surface area contributed by atoms with Gasteiger partial charge in [0.15, 0.2) is 5.82 Å². The Kier molecular flexibility index (Phi) is 3.60. The normalized spacial score (nSPS) is 27.1. The van der Waals surface area contributed by atoms with Crippen molar-refractivity contribution in [3.63, 3.8) is 0 Å². The number of piperidine rings is 1. The molecule has 0 aromatic carbocycles. The van der Waals surface area contributed by atoms with E-state index in [4.69, 9.17) is 0 Å². The molecule has 0 saturated carbocycles. The molecular formula is C15H24N4. The second-order valence-electron chi connectivity index (χ2n) is 5.91. The lowest BCUT2D eigenvalue weighted by Crippen LogP contribution is -2.41. The van der Waals surface area contributed by atoms with E-state index >= 15 is 0 Å². The molecule has 0 spiro atoms. The molecule has 3 heterocycles. The number of fused-ring (bicyclic) bond motifs is 1. The molecule has 4 nitrogen and oxygen atoms in total. The smallest absolute Gasteiger partial charge is 0.151 e. The molecule has 2 aliphatic rings. The number of aromatic nitrogens is 1. The van der Waals surface area contributed by atoms with Crippen molar-refractivity contribution in [3.8, 4) is 0 Å². The molecule has 1 aromatic heterocycles. The summed E-state index contributed by atoms with van der Waals surface area (Å²) in [6.45, 7) is 2.54. The Morgan fingerprint density at radius 1 is 1.26 bits per heavy atom. The minimum absolute atomic E-state index is 0.586. The van der Waals surface area contributed by atoms with Crippen LogP contribution in [0.5, 0.6) is 0 Å². The zero-order chi connectivity index (χ0) is 13.2. The summed E-state index contributed by atoms with van der Waals surface area (Å²) < 4.78 is 0. The van der Waals surface area contributed by atoms with Crippen LogP contribution in [0.2, 0.25) is 0 Å². The Hall–Kier alpha value is -1.29. The second kappa shape index (κ2) is 5.37. The van der Waals surface area contributed by atoms with Crippen LogP contribution in [0.1, 0.15) is 25.7 Å². The highest BCUT2D eigenvalue weighted by molar-refractivity contribution is 5.65. The van der Waals surface area contributed by atoms with Crippen molar-refractivity contribution in [1.82, 2.24) is 9.88 Å². The van der Waals surface area contributed by atoms with Gasteiger partial charge in [0.25, 0.3) is 0 Å². The van der Waals surface area contributed by atoms with Gasteiger partial charge < -0.3 is 10.2 Å². The summed E-state index contributed by atoms with van der Waals surface area (Å²) in [4.78, 5) is 9.21. The van der Waals surface area contributed by atoms with Crippen LogP contribution in [0.4, 0.5) is 11.5 Å². The Bertz CT molecular complexity index is 432. The van der Waals surface area contributed by atoms with Gasteiger partial charge in [0.1, 0.15) is 0 Å². The monoisotopic (exact) mass is 260 g/mol. The van der Waals surface area contributed by atoms with Crippen molar-refractivity contribution in [1.29, 1.82) is 0 Å². The van der Waals surface area contributed by atoms with Crippen LogP contribution < -0.4 is 10.2 Å². The molecule has 19 heavy (non-hydrogen) atoms. The molecule has 0 radical (unpaired) electrons. The third kappa shape index (κ3) is 2.54. The number of anilines is 2. The lowest BCUT2D eigenvalue weighted by molar-refractivity contribution is 0.193. The molecule has 1 aromatic rings. The first-order chi connectivity index (χ1) is 9.25. The summed E-state index contributed by atoms with van der Waals surface area (Å²) in [5, 5.41) is 3.74. The summed E-state index contributed by atoms with van der Waals surface area (Å²) in [6.07, 6.45) is 7.22. The minimum Gasteiger partial charge on any atom is -0.378 e. The van der Waals surface area contributed by atoms with Crippen LogP contribution in [-0.4, -0.2) is 49.2 Å². The molecule has 2 saturated heterocycles. The van der Waals surface area contributed by atoms with Gasteiger partial charge in [-0.05, 0) is 37.9 Å². The number of nitrogens with one attached hydrogen (secondary N) is 1. The maximum Gasteiger partial charge on any atom is 0.151 e. The van der Waals surface area contributed by atoms with E-state index in [9.17, 15) is 0 Å². The molecule has 104 valence electrons. The molecule has 0 aliphatic carbocycles. The van der Waals surface area contributed by atoms with Gasteiger partial charge >= 0.3 is 0 Å². The molecule has 1 N–H and O–H groups in total. The van der Waals surface area contributed by atoms with Crippen LogP contribution in [0.3, 0.4) is 0 Å². The standard InChI is InChI=1S/C15H24N4/c1-18(2)15-13(6-5-9-16-15)17-12-8-11-19-10-4-3-7-14(12)19/h5-6,9,12,14,17H,3-4,7-8,10-11H2,1-2H3. The van der Waals surface area contributed by atoms with Gasteiger partial charge in [-0.2, -0.15) is 0 Å². The third-order valence-corrected chi connectivity index (χ3v) is 4.41. The van der Waals surface area contributed by atoms with Gasteiger partial charge in [0, 0.05) is 38.9 Å². The van der Waals surface area contributed by atoms with Crippen molar-refractivity contribution in [2.75, 3.05) is 37.4 Å². The highest BCUT2D eigenvalue weighted by Crippen LogP contribution is 2.31. The van der Waals surface area contributed by atoms with E-state index in [2.05, 4.69) is 40.3 Å².